The summed E-state index contributed by atoms with van der Waals surface area (Å²) in [6, 6.07) is 8.13. The fourth-order valence-corrected chi connectivity index (χ4v) is 3.19. The minimum atomic E-state index is 0.274. The molecule has 98 valence electrons. The summed E-state index contributed by atoms with van der Waals surface area (Å²) in [5.41, 5.74) is 2.18. The zero-order valence-electron chi connectivity index (χ0n) is 11.6. The van der Waals surface area contributed by atoms with Gasteiger partial charge in [-0.1, -0.05) is 57.4 Å². The molecule has 18 heavy (non-hydrogen) atoms. The maximum absolute atomic E-state index is 12.6. The van der Waals surface area contributed by atoms with Crippen molar-refractivity contribution >= 4 is 5.78 Å². The maximum atomic E-state index is 12.6. The van der Waals surface area contributed by atoms with Crippen LogP contribution in [0.5, 0.6) is 0 Å². The molecule has 1 fully saturated rings. The molecule has 1 nitrogen and oxygen atoms in total. The van der Waals surface area contributed by atoms with Gasteiger partial charge in [-0.15, -0.1) is 0 Å². The van der Waals surface area contributed by atoms with Gasteiger partial charge in [-0.2, -0.15) is 0 Å². The number of carbonyl (C=O) groups excluding carboxylic acids is 1. The number of hydrogen-bond acceptors (Lipinski definition) is 1. The van der Waals surface area contributed by atoms with E-state index in [1.54, 1.807) is 0 Å². The number of Topliss-reactive ketones (excluding diaryl/α,β-unsaturated/α-hetero) is 1. The Morgan fingerprint density at radius 3 is 2.72 bits per heavy atom. The van der Waals surface area contributed by atoms with Crippen LogP contribution < -0.4 is 0 Å². The third-order valence-electron chi connectivity index (χ3n) is 4.39. The average molecular weight is 244 g/mol. The fraction of sp³-hybridized carbons (Fsp3) is 0.588. The highest BCUT2D eigenvalue weighted by atomic mass is 16.1. The molecule has 0 aromatic heterocycles. The molecule has 0 spiro atoms. The van der Waals surface area contributed by atoms with Gasteiger partial charge in [0.25, 0.3) is 0 Å². The summed E-state index contributed by atoms with van der Waals surface area (Å²) >= 11 is 0. The second-order valence-corrected chi connectivity index (χ2v) is 5.51. The first-order valence-corrected chi connectivity index (χ1v) is 7.38. The maximum Gasteiger partial charge on any atom is 0.166 e. The lowest BCUT2D eigenvalue weighted by Gasteiger charge is -2.28. The SMILES string of the molecule is CCc1ccccc1C(=O)C1CCCC(CC)C1. The number of aryl methyl sites for hydroxylation is 1. The summed E-state index contributed by atoms with van der Waals surface area (Å²) in [4.78, 5) is 12.6. The highest BCUT2D eigenvalue weighted by Gasteiger charge is 2.27. The third-order valence-corrected chi connectivity index (χ3v) is 4.39. The topological polar surface area (TPSA) is 17.1 Å². The van der Waals surface area contributed by atoms with Gasteiger partial charge in [0.05, 0.1) is 0 Å². The predicted molar refractivity (Wildman–Crippen MR) is 75.9 cm³/mol. The Bertz CT molecular complexity index is 408. The van der Waals surface area contributed by atoms with E-state index in [1.807, 2.05) is 18.2 Å². The van der Waals surface area contributed by atoms with Crippen molar-refractivity contribution < 1.29 is 4.79 Å². The van der Waals surface area contributed by atoms with E-state index >= 15 is 0 Å². The smallest absolute Gasteiger partial charge is 0.166 e. The quantitative estimate of drug-likeness (QED) is 0.705. The molecule has 2 rings (SSSR count). The first-order valence-electron chi connectivity index (χ1n) is 7.38. The molecule has 2 unspecified atom stereocenters. The van der Waals surface area contributed by atoms with Crippen molar-refractivity contribution in [2.75, 3.05) is 0 Å². The van der Waals surface area contributed by atoms with E-state index in [9.17, 15) is 4.79 Å². The summed E-state index contributed by atoms with van der Waals surface area (Å²) in [7, 11) is 0. The largest absolute Gasteiger partial charge is 0.294 e. The van der Waals surface area contributed by atoms with Gasteiger partial charge in [0.1, 0.15) is 0 Å². The molecule has 1 aliphatic carbocycles. The minimum Gasteiger partial charge on any atom is -0.294 e. The number of rotatable bonds is 4. The third kappa shape index (κ3) is 2.82. The lowest BCUT2D eigenvalue weighted by atomic mass is 9.76. The van der Waals surface area contributed by atoms with Crippen molar-refractivity contribution in [1.29, 1.82) is 0 Å². The highest BCUT2D eigenvalue weighted by molar-refractivity contribution is 5.99. The van der Waals surface area contributed by atoms with Gasteiger partial charge in [0, 0.05) is 11.5 Å². The van der Waals surface area contributed by atoms with Crippen LogP contribution in [0, 0.1) is 11.8 Å². The van der Waals surface area contributed by atoms with Crippen LogP contribution in [-0.2, 0) is 6.42 Å². The molecule has 2 atom stereocenters. The van der Waals surface area contributed by atoms with Crippen LogP contribution in [0.4, 0.5) is 0 Å². The molecule has 1 aromatic carbocycles. The van der Waals surface area contributed by atoms with E-state index in [0.717, 1.165) is 30.7 Å². The molecule has 1 aromatic rings. The van der Waals surface area contributed by atoms with Crippen LogP contribution in [0.25, 0.3) is 0 Å². The van der Waals surface area contributed by atoms with E-state index in [0.29, 0.717) is 5.78 Å². The zero-order chi connectivity index (χ0) is 13.0. The molecule has 0 heterocycles. The van der Waals surface area contributed by atoms with Gasteiger partial charge in [0.2, 0.25) is 0 Å². The van der Waals surface area contributed by atoms with Crippen molar-refractivity contribution in [2.45, 2.75) is 52.4 Å². The van der Waals surface area contributed by atoms with Crippen LogP contribution in [-0.4, -0.2) is 5.78 Å². The molecule has 1 heteroatoms. The van der Waals surface area contributed by atoms with Gasteiger partial charge >= 0.3 is 0 Å². The Morgan fingerprint density at radius 2 is 2.00 bits per heavy atom. The van der Waals surface area contributed by atoms with Crippen molar-refractivity contribution in [1.82, 2.24) is 0 Å². The van der Waals surface area contributed by atoms with E-state index < -0.39 is 0 Å². The predicted octanol–water partition coefficient (Wildman–Crippen LogP) is 4.65. The van der Waals surface area contributed by atoms with E-state index in [1.165, 1.54) is 24.8 Å². The number of carbonyl (C=O) groups is 1. The van der Waals surface area contributed by atoms with Crippen molar-refractivity contribution in [3.63, 3.8) is 0 Å². The first kappa shape index (κ1) is 13.3. The van der Waals surface area contributed by atoms with Crippen LogP contribution in [0.15, 0.2) is 24.3 Å². The Balaban J connectivity index is 2.15. The summed E-state index contributed by atoms with van der Waals surface area (Å²) in [5, 5.41) is 0. The molecular formula is C17H24O. The first-order chi connectivity index (χ1) is 8.76. The Morgan fingerprint density at radius 1 is 1.22 bits per heavy atom. The molecular weight excluding hydrogens is 220 g/mol. The lowest BCUT2D eigenvalue weighted by molar-refractivity contribution is 0.0861. The van der Waals surface area contributed by atoms with E-state index in [2.05, 4.69) is 19.9 Å². The second kappa shape index (κ2) is 6.17. The normalized spacial score (nSPS) is 23.9. The summed E-state index contributed by atoms with van der Waals surface area (Å²) in [5.74, 6) is 1.43. The number of benzene rings is 1. The molecule has 0 radical (unpaired) electrons. The van der Waals surface area contributed by atoms with Crippen molar-refractivity contribution in [3.05, 3.63) is 35.4 Å². The summed E-state index contributed by atoms with van der Waals surface area (Å²) in [6.07, 6.45) is 6.91. The molecule has 0 saturated heterocycles. The Kier molecular flexibility index (Phi) is 4.57. The minimum absolute atomic E-state index is 0.274. The number of hydrogen-bond donors (Lipinski definition) is 0. The zero-order valence-corrected chi connectivity index (χ0v) is 11.6. The number of ketones is 1. The van der Waals surface area contributed by atoms with E-state index in [4.69, 9.17) is 0 Å². The van der Waals surface area contributed by atoms with E-state index in [-0.39, 0.29) is 5.92 Å². The monoisotopic (exact) mass is 244 g/mol. The molecule has 1 saturated carbocycles. The fourth-order valence-electron chi connectivity index (χ4n) is 3.19. The molecule has 1 aliphatic rings. The Hall–Kier alpha value is -1.11. The van der Waals surface area contributed by atoms with Crippen LogP contribution in [0.2, 0.25) is 0 Å². The van der Waals surface area contributed by atoms with Crippen LogP contribution in [0.1, 0.15) is 61.9 Å². The van der Waals surface area contributed by atoms with Gasteiger partial charge < -0.3 is 0 Å². The average Bonchev–Trinajstić information content (AvgIpc) is 2.46. The van der Waals surface area contributed by atoms with Gasteiger partial charge in [-0.25, -0.2) is 0 Å². The van der Waals surface area contributed by atoms with Crippen molar-refractivity contribution in [3.8, 4) is 0 Å². The second-order valence-electron chi connectivity index (χ2n) is 5.51. The molecule has 0 N–H and O–H groups in total. The standard InChI is InChI=1S/C17H24O/c1-3-13-8-7-10-15(12-13)17(18)16-11-6-5-9-14(16)4-2/h5-6,9,11,13,15H,3-4,7-8,10,12H2,1-2H3. The van der Waals surface area contributed by atoms with Crippen LogP contribution >= 0.6 is 0 Å². The molecule has 0 aliphatic heterocycles. The lowest BCUT2D eigenvalue weighted by Crippen LogP contribution is -2.23. The van der Waals surface area contributed by atoms with Crippen LogP contribution in [0.3, 0.4) is 0 Å². The summed E-state index contributed by atoms with van der Waals surface area (Å²) < 4.78 is 0. The Labute approximate surface area is 111 Å². The van der Waals surface area contributed by atoms with Gasteiger partial charge in [-0.3, -0.25) is 4.79 Å². The van der Waals surface area contributed by atoms with Crippen molar-refractivity contribution in [2.24, 2.45) is 11.8 Å². The molecule has 0 bridgehead atoms. The van der Waals surface area contributed by atoms with Gasteiger partial charge in [0.15, 0.2) is 5.78 Å². The molecule has 0 amide bonds. The highest BCUT2D eigenvalue weighted by Crippen LogP contribution is 2.33. The van der Waals surface area contributed by atoms with Gasteiger partial charge in [-0.05, 0) is 30.7 Å². The summed E-state index contributed by atoms with van der Waals surface area (Å²) in [6.45, 7) is 4.37.